The van der Waals surface area contributed by atoms with E-state index < -0.39 is 0 Å². The molecule has 0 aromatic heterocycles. The average molecular weight is 271 g/mol. The molecule has 1 aromatic carbocycles. The van der Waals surface area contributed by atoms with Crippen molar-refractivity contribution in [1.82, 2.24) is 0 Å². The van der Waals surface area contributed by atoms with E-state index in [9.17, 15) is 4.79 Å². The van der Waals surface area contributed by atoms with Crippen molar-refractivity contribution in [1.29, 1.82) is 0 Å². The lowest BCUT2D eigenvalue weighted by Gasteiger charge is -2.14. The predicted octanol–water partition coefficient (Wildman–Crippen LogP) is 3.37. The Balaban J connectivity index is 3.02. The number of ketones is 1. The number of hydrogen-bond acceptors (Lipinski definition) is 2. The van der Waals surface area contributed by atoms with Crippen molar-refractivity contribution in [3.8, 4) is 5.75 Å². The number of ether oxygens (including phenoxy) is 1. The average Bonchev–Trinajstić information content (AvgIpc) is 2.09. The molecule has 3 heteroatoms. The molecule has 0 saturated heterocycles. The van der Waals surface area contributed by atoms with Gasteiger partial charge in [0, 0.05) is 16.5 Å². The molecule has 0 radical (unpaired) electrons. The van der Waals surface area contributed by atoms with Crippen LogP contribution in [0.25, 0.3) is 0 Å². The van der Waals surface area contributed by atoms with Crippen LogP contribution in [0.5, 0.6) is 5.75 Å². The minimum atomic E-state index is 0.116. The lowest BCUT2D eigenvalue weighted by Crippen LogP contribution is -2.09. The second-order valence-corrected chi connectivity index (χ2v) is 4.62. The molecule has 15 heavy (non-hydrogen) atoms. The summed E-state index contributed by atoms with van der Waals surface area (Å²) in [5.41, 5.74) is 0.929. The van der Waals surface area contributed by atoms with Crippen molar-refractivity contribution in [3.63, 3.8) is 0 Å². The van der Waals surface area contributed by atoms with Gasteiger partial charge < -0.3 is 4.74 Å². The summed E-state index contributed by atoms with van der Waals surface area (Å²) in [4.78, 5) is 11.1. The Morgan fingerprint density at radius 1 is 1.47 bits per heavy atom. The summed E-state index contributed by atoms with van der Waals surface area (Å²) < 4.78 is 6.57. The van der Waals surface area contributed by atoms with Gasteiger partial charge in [0.25, 0.3) is 0 Å². The van der Waals surface area contributed by atoms with E-state index in [0.29, 0.717) is 6.42 Å². The summed E-state index contributed by atoms with van der Waals surface area (Å²) in [5.74, 6) is 0.921. The number of carbonyl (C=O) groups is 1. The first kappa shape index (κ1) is 12.2. The zero-order valence-corrected chi connectivity index (χ0v) is 10.8. The highest BCUT2D eigenvalue weighted by atomic mass is 79.9. The molecule has 0 heterocycles. The Morgan fingerprint density at radius 2 is 2.13 bits per heavy atom. The van der Waals surface area contributed by atoms with Gasteiger partial charge >= 0.3 is 0 Å². The van der Waals surface area contributed by atoms with Gasteiger partial charge in [-0.2, -0.15) is 0 Å². The van der Waals surface area contributed by atoms with Gasteiger partial charge in [-0.25, -0.2) is 0 Å². The van der Waals surface area contributed by atoms with Crippen LogP contribution in [-0.2, 0) is 11.2 Å². The lowest BCUT2D eigenvalue weighted by molar-refractivity contribution is -0.116. The molecule has 0 aliphatic rings. The van der Waals surface area contributed by atoms with Crippen molar-refractivity contribution in [2.45, 2.75) is 33.3 Å². The van der Waals surface area contributed by atoms with Crippen LogP contribution in [0.15, 0.2) is 22.7 Å². The zero-order chi connectivity index (χ0) is 11.4. The van der Waals surface area contributed by atoms with Gasteiger partial charge in [-0.1, -0.05) is 22.0 Å². The normalized spacial score (nSPS) is 10.5. The van der Waals surface area contributed by atoms with E-state index in [-0.39, 0.29) is 11.9 Å². The van der Waals surface area contributed by atoms with Crippen LogP contribution < -0.4 is 4.74 Å². The van der Waals surface area contributed by atoms with Crippen LogP contribution in [0.4, 0.5) is 0 Å². The molecule has 0 aliphatic heterocycles. The van der Waals surface area contributed by atoms with Crippen molar-refractivity contribution >= 4 is 21.7 Å². The van der Waals surface area contributed by atoms with E-state index in [1.807, 2.05) is 32.0 Å². The van der Waals surface area contributed by atoms with Gasteiger partial charge in [0.1, 0.15) is 11.5 Å². The summed E-state index contributed by atoms with van der Waals surface area (Å²) in [6, 6.07) is 5.72. The molecule has 82 valence electrons. The molecule has 2 nitrogen and oxygen atoms in total. The Labute approximate surface area is 98.8 Å². The first-order valence-electron chi connectivity index (χ1n) is 4.94. The monoisotopic (exact) mass is 270 g/mol. The summed E-state index contributed by atoms with van der Waals surface area (Å²) >= 11 is 3.43. The summed E-state index contributed by atoms with van der Waals surface area (Å²) in [6.07, 6.45) is 0.522. The molecular formula is C12H15BrO2. The lowest BCUT2D eigenvalue weighted by atomic mass is 10.1. The van der Waals surface area contributed by atoms with E-state index in [4.69, 9.17) is 4.74 Å². The summed E-state index contributed by atoms with van der Waals surface area (Å²) in [7, 11) is 0. The molecule has 0 spiro atoms. The minimum Gasteiger partial charge on any atom is -0.491 e. The van der Waals surface area contributed by atoms with Crippen LogP contribution >= 0.6 is 15.9 Å². The molecule has 0 atom stereocenters. The van der Waals surface area contributed by atoms with E-state index in [1.165, 1.54) is 0 Å². The van der Waals surface area contributed by atoms with Gasteiger partial charge in [0.05, 0.1) is 6.10 Å². The summed E-state index contributed by atoms with van der Waals surface area (Å²) in [6.45, 7) is 5.52. The maximum atomic E-state index is 11.1. The maximum absolute atomic E-state index is 11.1. The van der Waals surface area contributed by atoms with Crippen LogP contribution in [0.1, 0.15) is 26.3 Å². The van der Waals surface area contributed by atoms with E-state index in [0.717, 1.165) is 15.8 Å². The van der Waals surface area contributed by atoms with E-state index in [1.54, 1.807) is 6.92 Å². The molecule has 0 amide bonds. The standard InChI is InChI=1S/C12H15BrO2/c1-8(2)15-12-6-4-5-11(13)10(12)7-9(3)14/h4-6,8H,7H2,1-3H3. The number of benzene rings is 1. The first-order chi connectivity index (χ1) is 7.00. The summed E-state index contributed by atoms with van der Waals surface area (Å²) in [5, 5.41) is 0. The first-order valence-corrected chi connectivity index (χ1v) is 5.73. The second-order valence-electron chi connectivity index (χ2n) is 3.76. The van der Waals surface area contributed by atoms with Crippen molar-refractivity contribution in [2.75, 3.05) is 0 Å². The second kappa shape index (κ2) is 5.31. The minimum absolute atomic E-state index is 0.116. The molecule has 0 fully saturated rings. The zero-order valence-electron chi connectivity index (χ0n) is 9.21. The van der Waals surface area contributed by atoms with E-state index in [2.05, 4.69) is 15.9 Å². The van der Waals surface area contributed by atoms with Crippen LogP contribution in [-0.4, -0.2) is 11.9 Å². The van der Waals surface area contributed by atoms with E-state index >= 15 is 0 Å². The third-order valence-corrected chi connectivity index (χ3v) is 2.61. The Kier molecular flexibility index (Phi) is 4.33. The highest BCUT2D eigenvalue weighted by molar-refractivity contribution is 9.10. The molecule has 0 saturated carbocycles. The third kappa shape index (κ3) is 3.67. The molecule has 0 bridgehead atoms. The maximum Gasteiger partial charge on any atom is 0.134 e. The molecule has 0 unspecified atom stereocenters. The smallest absolute Gasteiger partial charge is 0.134 e. The highest BCUT2D eigenvalue weighted by Crippen LogP contribution is 2.28. The molecule has 1 rings (SSSR count). The molecular weight excluding hydrogens is 256 g/mol. The van der Waals surface area contributed by atoms with Crippen LogP contribution in [0, 0.1) is 0 Å². The largest absolute Gasteiger partial charge is 0.491 e. The fourth-order valence-electron chi connectivity index (χ4n) is 1.32. The van der Waals surface area contributed by atoms with Gasteiger partial charge in [-0.15, -0.1) is 0 Å². The topological polar surface area (TPSA) is 26.3 Å². The molecule has 0 aliphatic carbocycles. The van der Waals surface area contributed by atoms with Crippen LogP contribution in [0.3, 0.4) is 0 Å². The third-order valence-electron chi connectivity index (χ3n) is 1.86. The van der Waals surface area contributed by atoms with Gasteiger partial charge in [0.2, 0.25) is 0 Å². The number of rotatable bonds is 4. The van der Waals surface area contributed by atoms with Crippen LogP contribution in [0.2, 0.25) is 0 Å². The van der Waals surface area contributed by atoms with Crippen molar-refractivity contribution in [3.05, 3.63) is 28.2 Å². The SMILES string of the molecule is CC(=O)Cc1c(Br)cccc1OC(C)C. The fraction of sp³-hybridized carbons (Fsp3) is 0.417. The molecule has 1 aromatic rings. The van der Waals surface area contributed by atoms with Gasteiger partial charge in [-0.3, -0.25) is 4.79 Å². The number of hydrogen-bond donors (Lipinski definition) is 0. The molecule has 0 N–H and O–H groups in total. The van der Waals surface area contributed by atoms with Crippen molar-refractivity contribution < 1.29 is 9.53 Å². The Hall–Kier alpha value is -0.830. The Morgan fingerprint density at radius 3 is 2.67 bits per heavy atom. The Bertz CT molecular complexity index is 359. The predicted molar refractivity (Wildman–Crippen MR) is 64.3 cm³/mol. The van der Waals surface area contributed by atoms with Gasteiger partial charge in [-0.05, 0) is 32.9 Å². The number of halogens is 1. The fourth-order valence-corrected chi connectivity index (χ4v) is 1.81. The quantitative estimate of drug-likeness (QED) is 0.839. The van der Waals surface area contributed by atoms with Gasteiger partial charge in [0.15, 0.2) is 0 Å². The highest BCUT2D eigenvalue weighted by Gasteiger charge is 2.10. The van der Waals surface area contributed by atoms with Crippen molar-refractivity contribution in [2.24, 2.45) is 0 Å². The number of carbonyl (C=O) groups excluding carboxylic acids is 1. The number of Topliss-reactive ketones (excluding diaryl/α,β-unsaturated/α-hetero) is 1.